The lowest BCUT2D eigenvalue weighted by Crippen LogP contribution is -2.18. The Morgan fingerprint density at radius 3 is 1.11 bits per heavy atom. The van der Waals surface area contributed by atoms with Gasteiger partial charge in [-0.2, -0.15) is 0 Å². The Hall–Kier alpha value is -3.12. The average molecular weight is 497 g/mol. The van der Waals surface area contributed by atoms with Gasteiger partial charge in [0.1, 0.15) is 0 Å². The quantitative estimate of drug-likeness (QED) is 0.215. The number of hydrogen-bond donors (Lipinski definition) is 0. The van der Waals surface area contributed by atoms with Crippen LogP contribution in [0.15, 0.2) is 72.8 Å². The van der Waals surface area contributed by atoms with Crippen LogP contribution in [0.25, 0.3) is 22.3 Å². The van der Waals surface area contributed by atoms with E-state index < -0.39 is 0 Å². The van der Waals surface area contributed by atoms with Gasteiger partial charge in [0.05, 0.1) is 0 Å². The molecule has 3 aliphatic rings. The van der Waals surface area contributed by atoms with Crippen molar-refractivity contribution in [2.24, 2.45) is 11.8 Å². The fraction of sp³-hybridized carbons (Fsp3) is 0.368. The van der Waals surface area contributed by atoms with Crippen molar-refractivity contribution >= 4 is 0 Å². The van der Waals surface area contributed by atoms with Gasteiger partial charge >= 0.3 is 0 Å². The highest BCUT2D eigenvalue weighted by Crippen LogP contribution is 2.41. The summed E-state index contributed by atoms with van der Waals surface area (Å²) in [5, 5.41) is 0. The van der Waals surface area contributed by atoms with Gasteiger partial charge in [-0.05, 0) is 143 Å². The van der Waals surface area contributed by atoms with Crippen molar-refractivity contribution in [2.45, 2.75) is 78.1 Å². The molecule has 0 nitrogen and oxygen atoms in total. The molecule has 0 heterocycles. The van der Waals surface area contributed by atoms with Gasteiger partial charge in [0.2, 0.25) is 0 Å². The molecule has 7 rings (SSSR count). The van der Waals surface area contributed by atoms with Gasteiger partial charge in [0, 0.05) is 0 Å². The third-order valence-corrected chi connectivity index (χ3v) is 9.85. The molecular formula is C38H40. The molecule has 0 spiro atoms. The van der Waals surface area contributed by atoms with Gasteiger partial charge in [0.25, 0.3) is 0 Å². The Balaban J connectivity index is 0.957. The molecule has 0 heteroatoms. The first-order valence-corrected chi connectivity index (χ1v) is 15.1. The molecule has 38 heavy (non-hydrogen) atoms. The topological polar surface area (TPSA) is 0 Å². The number of rotatable bonds is 6. The van der Waals surface area contributed by atoms with Crippen molar-refractivity contribution in [1.82, 2.24) is 0 Å². The highest BCUT2D eigenvalue weighted by molar-refractivity contribution is 5.78. The fourth-order valence-electron chi connectivity index (χ4n) is 7.63. The minimum atomic E-state index is 0.849. The summed E-state index contributed by atoms with van der Waals surface area (Å²) in [6.45, 7) is 4.51. The molecular weight excluding hydrogens is 456 g/mol. The van der Waals surface area contributed by atoms with Gasteiger partial charge in [-0.25, -0.2) is 0 Å². The maximum Gasteiger partial charge on any atom is -0.00133 e. The Morgan fingerprint density at radius 1 is 0.447 bits per heavy atom. The van der Waals surface area contributed by atoms with Crippen LogP contribution in [0.4, 0.5) is 0 Å². The van der Waals surface area contributed by atoms with Crippen LogP contribution in [0.3, 0.4) is 0 Å². The van der Waals surface area contributed by atoms with Crippen LogP contribution >= 0.6 is 0 Å². The molecule has 0 aliphatic heterocycles. The Bertz CT molecular complexity index is 1380. The van der Waals surface area contributed by atoms with E-state index in [1.54, 1.807) is 22.3 Å². The standard InChI is InChI=1S/C38H40/c1-3-25-9-13-35-31(19-25)23-33-21-29(11-15-37(33)35)17-27-5-7-28(8-6-27)18-30-12-16-38-34(22-30)24-32-20-26(4-2)10-14-36(32)38/h9-16,19-22,27-28H,3-8,17-18,23-24H2,1-2H3. The van der Waals surface area contributed by atoms with Gasteiger partial charge in [0.15, 0.2) is 0 Å². The zero-order chi connectivity index (χ0) is 25.6. The largest absolute Gasteiger partial charge is 0.0613 e. The second kappa shape index (κ2) is 9.88. The van der Waals surface area contributed by atoms with Crippen LogP contribution in [-0.2, 0) is 38.5 Å². The molecule has 192 valence electrons. The lowest BCUT2D eigenvalue weighted by atomic mass is 9.77. The van der Waals surface area contributed by atoms with Crippen molar-refractivity contribution in [3.63, 3.8) is 0 Å². The summed E-state index contributed by atoms with van der Waals surface area (Å²) in [5.74, 6) is 1.70. The zero-order valence-corrected chi connectivity index (χ0v) is 23.2. The first kappa shape index (κ1) is 24.0. The fourth-order valence-corrected chi connectivity index (χ4v) is 7.63. The molecule has 0 amide bonds. The Labute approximate surface area is 229 Å². The normalized spacial score (nSPS) is 19.1. The minimum absolute atomic E-state index is 0.849. The Morgan fingerprint density at radius 2 is 0.763 bits per heavy atom. The summed E-state index contributed by atoms with van der Waals surface area (Å²) in [5.41, 5.74) is 18.0. The van der Waals surface area contributed by atoms with Crippen molar-refractivity contribution < 1.29 is 0 Å². The lowest BCUT2D eigenvalue weighted by Gasteiger charge is -2.29. The second-order valence-electron chi connectivity index (χ2n) is 12.3. The van der Waals surface area contributed by atoms with Gasteiger partial charge in [-0.3, -0.25) is 0 Å². The summed E-state index contributed by atoms with van der Waals surface area (Å²) >= 11 is 0. The molecule has 0 unspecified atom stereocenters. The van der Waals surface area contributed by atoms with Crippen molar-refractivity contribution in [2.75, 3.05) is 0 Å². The number of fused-ring (bicyclic) bond motifs is 6. The van der Waals surface area contributed by atoms with Crippen LogP contribution in [0.1, 0.15) is 84.0 Å². The maximum absolute atomic E-state index is 2.53. The molecule has 0 saturated heterocycles. The van der Waals surface area contributed by atoms with Gasteiger partial charge in [-0.15, -0.1) is 0 Å². The SMILES string of the molecule is CCc1ccc2c(c1)Cc1cc(CC3CCC(Cc4ccc5c(c4)Cc4cc(CC)ccc4-5)CC3)ccc1-2. The Kier molecular flexibility index (Phi) is 6.23. The third-order valence-electron chi connectivity index (χ3n) is 9.85. The molecule has 3 aliphatic carbocycles. The first-order chi connectivity index (χ1) is 18.7. The second-order valence-corrected chi connectivity index (χ2v) is 12.3. The zero-order valence-electron chi connectivity index (χ0n) is 23.2. The van der Waals surface area contributed by atoms with Crippen LogP contribution < -0.4 is 0 Å². The molecule has 1 saturated carbocycles. The molecule has 0 radical (unpaired) electrons. The van der Waals surface area contributed by atoms with Crippen molar-refractivity contribution in [3.8, 4) is 22.3 Å². The summed E-state index contributed by atoms with van der Waals surface area (Å²) in [7, 11) is 0. The third kappa shape index (κ3) is 4.43. The van der Waals surface area contributed by atoms with E-state index in [4.69, 9.17) is 0 Å². The minimum Gasteiger partial charge on any atom is -0.0613 e. The molecule has 0 aromatic heterocycles. The van der Waals surface area contributed by atoms with Crippen molar-refractivity contribution in [1.29, 1.82) is 0 Å². The van der Waals surface area contributed by atoms with E-state index in [1.165, 1.54) is 83.0 Å². The van der Waals surface area contributed by atoms with Crippen LogP contribution in [0.5, 0.6) is 0 Å². The van der Waals surface area contributed by atoms with E-state index in [0.717, 1.165) is 37.5 Å². The average Bonchev–Trinajstić information content (AvgIpc) is 3.50. The van der Waals surface area contributed by atoms with E-state index in [9.17, 15) is 0 Å². The van der Waals surface area contributed by atoms with E-state index in [2.05, 4.69) is 86.6 Å². The van der Waals surface area contributed by atoms with Gasteiger partial charge in [-0.1, -0.05) is 86.6 Å². The molecule has 0 atom stereocenters. The first-order valence-electron chi connectivity index (χ1n) is 15.1. The monoisotopic (exact) mass is 496 g/mol. The summed E-state index contributed by atoms with van der Waals surface area (Å²) in [6, 6.07) is 28.9. The lowest BCUT2D eigenvalue weighted by molar-refractivity contribution is 0.272. The molecule has 0 bridgehead atoms. The van der Waals surface area contributed by atoms with E-state index in [1.807, 2.05) is 0 Å². The smallest absolute Gasteiger partial charge is 0.00133 e. The summed E-state index contributed by atoms with van der Waals surface area (Å²) in [6.07, 6.45) is 12.5. The predicted molar refractivity (Wildman–Crippen MR) is 161 cm³/mol. The maximum atomic E-state index is 2.53. The van der Waals surface area contributed by atoms with Crippen LogP contribution in [0, 0.1) is 11.8 Å². The molecule has 0 N–H and O–H groups in total. The number of hydrogen-bond acceptors (Lipinski definition) is 0. The van der Waals surface area contributed by atoms with Crippen LogP contribution in [0.2, 0.25) is 0 Å². The number of aryl methyl sites for hydroxylation is 2. The predicted octanol–water partition coefficient (Wildman–Crippen LogP) is 9.55. The summed E-state index contributed by atoms with van der Waals surface area (Å²) < 4.78 is 0. The summed E-state index contributed by atoms with van der Waals surface area (Å²) in [4.78, 5) is 0. The molecule has 4 aromatic rings. The highest BCUT2D eigenvalue weighted by Gasteiger charge is 2.25. The van der Waals surface area contributed by atoms with E-state index in [-0.39, 0.29) is 0 Å². The van der Waals surface area contributed by atoms with Crippen LogP contribution in [-0.4, -0.2) is 0 Å². The molecule has 4 aromatic carbocycles. The molecule has 1 fully saturated rings. The van der Waals surface area contributed by atoms with E-state index >= 15 is 0 Å². The highest BCUT2D eigenvalue weighted by atomic mass is 14.3. The number of benzene rings is 4. The van der Waals surface area contributed by atoms with E-state index in [0.29, 0.717) is 0 Å². The van der Waals surface area contributed by atoms with Crippen molar-refractivity contribution in [3.05, 3.63) is 117 Å². The van der Waals surface area contributed by atoms with Gasteiger partial charge < -0.3 is 0 Å².